The Hall–Kier alpha value is -1.84. The van der Waals surface area contributed by atoms with Crippen LogP contribution in [0.2, 0.25) is 0 Å². The fourth-order valence-electron chi connectivity index (χ4n) is 1.55. The number of nitrogens with one attached hydrogen (secondary N) is 1. The van der Waals surface area contributed by atoms with Gasteiger partial charge in [0.15, 0.2) is 5.54 Å². The Morgan fingerprint density at radius 3 is 2.47 bits per heavy atom. The number of aliphatic carboxylic acids is 1. The van der Waals surface area contributed by atoms with E-state index in [4.69, 9.17) is 0 Å². The molecule has 0 heterocycles. The maximum atomic E-state index is 11.2. The quantitative estimate of drug-likeness (QED) is 0.711. The van der Waals surface area contributed by atoms with Crippen LogP contribution in [0.5, 0.6) is 0 Å². The van der Waals surface area contributed by atoms with Crippen molar-refractivity contribution in [1.29, 1.82) is 0 Å². The molecule has 80 valence electrons. The second-order valence-corrected chi connectivity index (χ2v) is 3.19. The van der Waals surface area contributed by atoms with Crippen LogP contribution < -0.4 is 5.32 Å². The number of carboxylic acids is 1. The van der Waals surface area contributed by atoms with E-state index in [-0.39, 0.29) is 0 Å². The minimum Gasteiger partial charge on any atom is -0.479 e. The zero-order valence-electron chi connectivity index (χ0n) is 8.43. The topological polar surface area (TPSA) is 66.4 Å². The van der Waals surface area contributed by atoms with Gasteiger partial charge in [-0.25, -0.2) is 4.79 Å². The molecule has 1 atom stereocenters. The van der Waals surface area contributed by atoms with Gasteiger partial charge in [0.1, 0.15) is 0 Å². The third-order valence-corrected chi connectivity index (χ3v) is 2.47. The van der Waals surface area contributed by atoms with E-state index in [0.717, 1.165) is 0 Å². The molecule has 0 saturated carbocycles. The van der Waals surface area contributed by atoms with Gasteiger partial charge in [-0.15, -0.1) is 0 Å². The van der Waals surface area contributed by atoms with Gasteiger partial charge in [-0.1, -0.05) is 37.3 Å². The molecule has 0 spiro atoms. The van der Waals surface area contributed by atoms with Gasteiger partial charge in [0.2, 0.25) is 6.41 Å². The van der Waals surface area contributed by atoms with Crippen LogP contribution in [0.25, 0.3) is 0 Å². The third kappa shape index (κ3) is 1.98. The highest BCUT2D eigenvalue weighted by molar-refractivity contribution is 5.83. The maximum absolute atomic E-state index is 11.2. The van der Waals surface area contributed by atoms with E-state index in [1.165, 1.54) is 0 Å². The van der Waals surface area contributed by atoms with Crippen molar-refractivity contribution >= 4 is 12.4 Å². The average molecular weight is 207 g/mol. The van der Waals surface area contributed by atoms with Crippen LogP contribution >= 0.6 is 0 Å². The molecule has 15 heavy (non-hydrogen) atoms. The number of hydrogen-bond donors (Lipinski definition) is 2. The van der Waals surface area contributed by atoms with Crippen LogP contribution in [-0.4, -0.2) is 17.5 Å². The zero-order chi connectivity index (χ0) is 11.3. The first-order valence-corrected chi connectivity index (χ1v) is 4.67. The molecule has 1 aromatic rings. The molecule has 2 N–H and O–H groups in total. The molecule has 1 aromatic carbocycles. The van der Waals surface area contributed by atoms with Crippen molar-refractivity contribution in [2.24, 2.45) is 0 Å². The molecule has 0 aromatic heterocycles. The second kappa shape index (κ2) is 4.59. The minimum absolute atomic E-state index is 0.297. The van der Waals surface area contributed by atoms with Crippen molar-refractivity contribution in [3.63, 3.8) is 0 Å². The SMILES string of the molecule is CC[C@](NC=O)(C(=O)O)c1ccccc1. The molecular weight excluding hydrogens is 194 g/mol. The molecule has 0 aliphatic rings. The van der Waals surface area contributed by atoms with E-state index in [9.17, 15) is 14.7 Å². The van der Waals surface area contributed by atoms with E-state index >= 15 is 0 Å². The summed E-state index contributed by atoms with van der Waals surface area (Å²) in [5.41, 5.74) is -0.740. The molecular formula is C11H13NO3. The molecule has 0 aliphatic heterocycles. The molecule has 0 bridgehead atoms. The van der Waals surface area contributed by atoms with Gasteiger partial charge in [0.05, 0.1) is 0 Å². The van der Waals surface area contributed by atoms with Crippen LogP contribution in [0, 0.1) is 0 Å². The summed E-state index contributed by atoms with van der Waals surface area (Å²) in [5.74, 6) is -1.05. The lowest BCUT2D eigenvalue weighted by Crippen LogP contribution is -2.48. The molecule has 0 unspecified atom stereocenters. The van der Waals surface area contributed by atoms with Gasteiger partial charge < -0.3 is 10.4 Å². The monoisotopic (exact) mass is 207 g/mol. The first kappa shape index (κ1) is 11.2. The van der Waals surface area contributed by atoms with Crippen molar-refractivity contribution in [2.45, 2.75) is 18.9 Å². The summed E-state index contributed by atoms with van der Waals surface area (Å²) in [7, 11) is 0. The summed E-state index contributed by atoms with van der Waals surface area (Å²) in [5, 5.41) is 11.6. The zero-order valence-corrected chi connectivity index (χ0v) is 8.43. The van der Waals surface area contributed by atoms with Crippen molar-refractivity contribution in [3.05, 3.63) is 35.9 Å². The largest absolute Gasteiger partial charge is 0.479 e. The molecule has 0 radical (unpaired) electrons. The standard InChI is InChI=1S/C11H13NO3/c1-2-11(10(14)15,12-8-13)9-6-4-3-5-7-9/h3-8H,2H2,1H3,(H,12,13)(H,14,15)/t11-/m1/s1. The van der Waals surface area contributed by atoms with Crippen molar-refractivity contribution in [3.8, 4) is 0 Å². The number of benzene rings is 1. The number of carbonyl (C=O) groups is 2. The predicted molar refractivity (Wildman–Crippen MR) is 55.2 cm³/mol. The van der Waals surface area contributed by atoms with Crippen molar-refractivity contribution in [1.82, 2.24) is 5.32 Å². The van der Waals surface area contributed by atoms with Crippen LogP contribution in [0.4, 0.5) is 0 Å². The molecule has 0 fully saturated rings. The summed E-state index contributed by atoms with van der Waals surface area (Å²) >= 11 is 0. The predicted octanol–water partition coefficient (Wildman–Crippen LogP) is 1.12. The summed E-state index contributed by atoms with van der Waals surface area (Å²) < 4.78 is 0. The van der Waals surface area contributed by atoms with Gasteiger partial charge in [0, 0.05) is 0 Å². The minimum atomic E-state index is -1.32. The van der Waals surface area contributed by atoms with Crippen LogP contribution in [0.1, 0.15) is 18.9 Å². The van der Waals surface area contributed by atoms with Gasteiger partial charge in [-0.2, -0.15) is 0 Å². The van der Waals surface area contributed by atoms with Gasteiger partial charge in [-0.05, 0) is 12.0 Å². The summed E-state index contributed by atoms with van der Waals surface area (Å²) in [6, 6.07) is 8.67. The van der Waals surface area contributed by atoms with Crippen LogP contribution in [-0.2, 0) is 15.1 Å². The fraction of sp³-hybridized carbons (Fsp3) is 0.273. The lowest BCUT2D eigenvalue weighted by Gasteiger charge is -2.27. The normalized spacial score (nSPS) is 13.9. The summed E-state index contributed by atoms with van der Waals surface area (Å²) in [6.45, 7) is 1.72. The Bertz CT molecular complexity index is 350. The lowest BCUT2D eigenvalue weighted by molar-refractivity contribution is -0.147. The van der Waals surface area contributed by atoms with Gasteiger partial charge >= 0.3 is 5.97 Å². The second-order valence-electron chi connectivity index (χ2n) is 3.19. The van der Waals surface area contributed by atoms with Crippen molar-refractivity contribution < 1.29 is 14.7 Å². The molecule has 1 rings (SSSR count). The molecule has 0 aliphatic carbocycles. The number of carbonyl (C=O) groups excluding carboxylic acids is 1. The first-order chi connectivity index (χ1) is 7.17. The van der Waals surface area contributed by atoms with Gasteiger partial charge in [0.25, 0.3) is 0 Å². The number of amides is 1. The Morgan fingerprint density at radius 2 is 2.07 bits per heavy atom. The first-order valence-electron chi connectivity index (χ1n) is 4.67. The third-order valence-electron chi connectivity index (χ3n) is 2.47. The highest BCUT2D eigenvalue weighted by Gasteiger charge is 2.37. The smallest absolute Gasteiger partial charge is 0.334 e. The van der Waals surface area contributed by atoms with Crippen LogP contribution in [0.3, 0.4) is 0 Å². The average Bonchev–Trinajstić information content (AvgIpc) is 2.26. The van der Waals surface area contributed by atoms with E-state index in [0.29, 0.717) is 18.4 Å². The number of rotatable bonds is 5. The fourth-order valence-corrected chi connectivity index (χ4v) is 1.55. The highest BCUT2D eigenvalue weighted by atomic mass is 16.4. The molecule has 0 saturated heterocycles. The Morgan fingerprint density at radius 1 is 1.47 bits per heavy atom. The summed E-state index contributed by atoms with van der Waals surface area (Å²) in [4.78, 5) is 21.7. The lowest BCUT2D eigenvalue weighted by atomic mass is 9.87. The highest BCUT2D eigenvalue weighted by Crippen LogP contribution is 2.24. The summed E-state index contributed by atoms with van der Waals surface area (Å²) in [6.07, 6.45) is 0.718. The van der Waals surface area contributed by atoms with Crippen LogP contribution in [0.15, 0.2) is 30.3 Å². The van der Waals surface area contributed by atoms with E-state index in [2.05, 4.69) is 5.32 Å². The van der Waals surface area contributed by atoms with E-state index < -0.39 is 11.5 Å². The van der Waals surface area contributed by atoms with Gasteiger partial charge in [-0.3, -0.25) is 4.79 Å². The number of hydrogen-bond acceptors (Lipinski definition) is 2. The van der Waals surface area contributed by atoms with Crippen molar-refractivity contribution in [2.75, 3.05) is 0 Å². The Labute approximate surface area is 87.9 Å². The molecule has 4 heteroatoms. The Kier molecular flexibility index (Phi) is 3.44. The van der Waals surface area contributed by atoms with E-state index in [1.807, 2.05) is 0 Å². The Balaban J connectivity index is 3.21. The molecule has 1 amide bonds. The maximum Gasteiger partial charge on any atom is 0.334 e. The molecule has 4 nitrogen and oxygen atoms in total. The number of carboxylic acid groups (broad SMARTS) is 1. The van der Waals surface area contributed by atoms with E-state index in [1.54, 1.807) is 37.3 Å².